The van der Waals surface area contributed by atoms with Crippen LogP contribution < -0.4 is 4.90 Å². The minimum atomic E-state index is -0.778. The van der Waals surface area contributed by atoms with Crippen molar-refractivity contribution in [2.75, 3.05) is 18.0 Å². The van der Waals surface area contributed by atoms with Crippen LogP contribution in [-0.4, -0.2) is 46.9 Å². The number of fused-ring (bicyclic) bond motifs is 2. The lowest BCUT2D eigenvalue weighted by Crippen LogP contribution is -2.51. The fourth-order valence-electron chi connectivity index (χ4n) is 6.27. The van der Waals surface area contributed by atoms with Gasteiger partial charge in [0.15, 0.2) is 0 Å². The number of anilines is 1. The van der Waals surface area contributed by atoms with E-state index >= 15 is 0 Å². The van der Waals surface area contributed by atoms with Gasteiger partial charge in [-0.3, -0.25) is 14.5 Å². The van der Waals surface area contributed by atoms with Crippen LogP contribution in [0.15, 0.2) is 48.5 Å². The van der Waals surface area contributed by atoms with Crippen LogP contribution in [-0.2, 0) is 21.4 Å². The van der Waals surface area contributed by atoms with Crippen LogP contribution in [0.3, 0.4) is 0 Å². The number of hydrogen-bond acceptors (Lipinski definition) is 4. The maximum absolute atomic E-state index is 13.8. The minimum absolute atomic E-state index is 0.0323. The fourth-order valence-corrected chi connectivity index (χ4v) is 6.27. The molecule has 1 aliphatic carbocycles. The maximum Gasteiger partial charge on any atom is 0.238 e. The van der Waals surface area contributed by atoms with E-state index in [1.54, 1.807) is 0 Å². The van der Waals surface area contributed by atoms with Crippen molar-refractivity contribution < 1.29 is 14.7 Å². The van der Waals surface area contributed by atoms with Crippen LogP contribution >= 0.6 is 0 Å². The Kier molecular flexibility index (Phi) is 5.87. The second-order valence-electron chi connectivity index (χ2n) is 10.1. The monoisotopic (exact) mass is 446 g/mol. The third-order valence-electron chi connectivity index (χ3n) is 8.10. The predicted octanol–water partition coefficient (Wildman–Crippen LogP) is 4.17. The molecule has 1 unspecified atom stereocenters. The molecule has 0 saturated carbocycles. The topological polar surface area (TPSA) is 60.9 Å². The molecule has 0 radical (unpaired) electrons. The smallest absolute Gasteiger partial charge is 0.238 e. The Hall–Kier alpha value is -2.50. The summed E-state index contributed by atoms with van der Waals surface area (Å²) in [5.41, 5.74) is 3.77. The van der Waals surface area contributed by atoms with Gasteiger partial charge in [-0.15, -0.1) is 0 Å². The lowest BCUT2D eigenvalue weighted by atomic mass is 9.79. The summed E-state index contributed by atoms with van der Waals surface area (Å²) in [7, 11) is 0. The average molecular weight is 447 g/mol. The highest BCUT2D eigenvalue weighted by Crippen LogP contribution is 2.46. The number of aliphatic hydroxyl groups is 1. The molecule has 5 heteroatoms. The van der Waals surface area contributed by atoms with Gasteiger partial charge in [0.25, 0.3) is 0 Å². The van der Waals surface area contributed by atoms with E-state index in [0.29, 0.717) is 6.42 Å². The summed E-state index contributed by atoms with van der Waals surface area (Å²) in [6.07, 6.45) is 3.82. The minimum Gasteiger partial charge on any atom is -0.391 e. The molecule has 174 valence electrons. The lowest BCUT2D eigenvalue weighted by Gasteiger charge is -2.44. The Bertz CT molecular complexity index is 1060. The molecule has 5 nitrogen and oxygen atoms in total. The van der Waals surface area contributed by atoms with Crippen molar-refractivity contribution in [2.24, 2.45) is 0 Å². The van der Waals surface area contributed by atoms with Gasteiger partial charge in [0.05, 0.1) is 17.6 Å². The largest absolute Gasteiger partial charge is 0.391 e. The van der Waals surface area contributed by atoms with Gasteiger partial charge in [-0.2, -0.15) is 0 Å². The van der Waals surface area contributed by atoms with Crippen molar-refractivity contribution >= 4 is 17.4 Å². The fraction of sp³-hybridized carbons (Fsp3) is 0.500. The zero-order valence-electron chi connectivity index (χ0n) is 19.7. The highest BCUT2D eigenvalue weighted by molar-refractivity contribution is 6.10. The van der Waals surface area contributed by atoms with Gasteiger partial charge in [-0.1, -0.05) is 49.4 Å². The average Bonchev–Trinajstić information content (AvgIpc) is 3.06. The van der Waals surface area contributed by atoms with E-state index in [-0.39, 0.29) is 36.3 Å². The zero-order chi connectivity index (χ0) is 23.2. The third-order valence-corrected chi connectivity index (χ3v) is 8.10. The number of nitrogens with zero attached hydrogens (tertiary/aromatic N) is 2. The first kappa shape index (κ1) is 22.3. The second-order valence-corrected chi connectivity index (χ2v) is 10.1. The van der Waals surface area contributed by atoms with E-state index < -0.39 is 5.41 Å². The molecule has 3 atom stereocenters. The van der Waals surface area contributed by atoms with E-state index in [4.69, 9.17) is 0 Å². The van der Waals surface area contributed by atoms with Crippen LogP contribution in [0, 0.1) is 0 Å². The van der Waals surface area contributed by atoms with Gasteiger partial charge < -0.3 is 10.0 Å². The number of ketones is 1. The van der Waals surface area contributed by atoms with Gasteiger partial charge in [-0.25, -0.2) is 0 Å². The van der Waals surface area contributed by atoms with Gasteiger partial charge >= 0.3 is 0 Å². The molecule has 1 N–H and O–H groups in total. The molecule has 1 fully saturated rings. The molecule has 0 bridgehead atoms. The summed E-state index contributed by atoms with van der Waals surface area (Å²) in [4.78, 5) is 30.5. The first-order valence-corrected chi connectivity index (χ1v) is 12.4. The number of benzene rings is 2. The molecule has 0 aromatic heterocycles. The summed E-state index contributed by atoms with van der Waals surface area (Å²) in [6.45, 7) is 5.49. The van der Waals surface area contributed by atoms with Crippen molar-refractivity contribution in [3.05, 3.63) is 65.2 Å². The quantitative estimate of drug-likeness (QED) is 0.749. The van der Waals surface area contributed by atoms with Crippen molar-refractivity contribution in [1.29, 1.82) is 0 Å². The summed E-state index contributed by atoms with van der Waals surface area (Å²) in [5.74, 6) is 0.189. The van der Waals surface area contributed by atoms with Crippen molar-refractivity contribution in [3.8, 4) is 0 Å². The SMILES string of the molecule is CCC(=O)C[C@]1(C)C(=O)N(C2CCN(C3c4ccccc4CC[C@H]3O)CC2)c2ccccc21. The number of carbonyl (C=O) groups excluding carboxylic acids is 2. The second kappa shape index (κ2) is 8.69. The highest BCUT2D eigenvalue weighted by atomic mass is 16.3. The Morgan fingerprint density at radius 3 is 2.52 bits per heavy atom. The lowest BCUT2D eigenvalue weighted by molar-refractivity contribution is -0.128. The summed E-state index contributed by atoms with van der Waals surface area (Å²) in [6, 6.07) is 16.6. The molecule has 2 aliphatic heterocycles. The Labute approximate surface area is 196 Å². The molecular formula is C28H34N2O3. The number of carbonyl (C=O) groups is 2. The number of para-hydroxylation sites is 1. The summed E-state index contributed by atoms with van der Waals surface area (Å²) < 4.78 is 0. The molecule has 3 aliphatic rings. The first-order chi connectivity index (χ1) is 15.9. The molecular weight excluding hydrogens is 412 g/mol. The van der Waals surface area contributed by atoms with E-state index in [0.717, 1.165) is 50.0 Å². The third kappa shape index (κ3) is 3.71. The number of Topliss-reactive ketones (excluding diaryl/α,β-unsaturated/α-hetero) is 1. The predicted molar refractivity (Wildman–Crippen MR) is 129 cm³/mol. The van der Waals surface area contributed by atoms with Gasteiger partial charge in [0.1, 0.15) is 5.78 Å². The number of aryl methyl sites for hydroxylation is 1. The molecule has 2 heterocycles. The summed E-state index contributed by atoms with van der Waals surface area (Å²) >= 11 is 0. The first-order valence-electron chi connectivity index (χ1n) is 12.4. The molecule has 33 heavy (non-hydrogen) atoms. The van der Waals surface area contributed by atoms with E-state index in [2.05, 4.69) is 29.2 Å². The van der Waals surface area contributed by atoms with Gasteiger partial charge in [0, 0.05) is 37.7 Å². The van der Waals surface area contributed by atoms with Crippen molar-refractivity contribution in [1.82, 2.24) is 4.90 Å². The Morgan fingerprint density at radius 1 is 1.06 bits per heavy atom. The number of hydrogen-bond donors (Lipinski definition) is 1. The molecule has 2 aromatic rings. The molecule has 1 amide bonds. The van der Waals surface area contributed by atoms with E-state index in [1.165, 1.54) is 11.1 Å². The molecule has 0 spiro atoms. The van der Waals surface area contributed by atoms with Crippen LogP contribution in [0.4, 0.5) is 5.69 Å². The van der Waals surface area contributed by atoms with E-state index in [1.807, 2.05) is 43.0 Å². The van der Waals surface area contributed by atoms with Crippen LogP contribution in [0.1, 0.15) is 68.7 Å². The maximum atomic E-state index is 13.8. The van der Waals surface area contributed by atoms with Crippen LogP contribution in [0.2, 0.25) is 0 Å². The van der Waals surface area contributed by atoms with Crippen molar-refractivity contribution in [2.45, 2.75) is 76.0 Å². The molecule has 2 aromatic carbocycles. The zero-order valence-corrected chi connectivity index (χ0v) is 19.7. The van der Waals surface area contributed by atoms with Crippen LogP contribution in [0.5, 0.6) is 0 Å². The number of aliphatic hydroxyl groups excluding tert-OH is 1. The number of amides is 1. The highest BCUT2D eigenvalue weighted by Gasteiger charge is 2.50. The van der Waals surface area contributed by atoms with Crippen LogP contribution in [0.25, 0.3) is 0 Å². The van der Waals surface area contributed by atoms with Crippen molar-refractivity contribution in [3.63, 3.8) is 0 Å². The van der Waals surface area contributed by atoms with Gasteiger partial charge in [-0.05, 0) is 55.4 Å². The standard InChI is InChI=1S/C28H34N2O3/c1-3-21(31)18-28(2)23-10-6-7-11-24(23)30(27(28)33)20-14-16-29(17-15-20)26-22-9-5-4-8-19(22)12-13-25(26)32/h4-11,20,25-26,32H,3,12-18H2,1-2H3/t25-,26?,28+/m1/s1. The van der Waals surface area contributed by atoms with Gasteiger partial charge in [0.2, 0.25) is 5.91 Å². The van der Waals surface area contributed by atoms with E-state index in [9.17, 15) is 14.7 Å². The molecule has 5 rings (SSSR count). The molecule has 1 saturated heterocycles. The number of likely N-dealkylation sites (tertiary alicyclic amines) is 1. The number of rotatable bonds is 5. The Morgan fingerprint density at radius 2 is 1.76 bits per heavy atom. The Balaban J connectivity index is 1.37. The summed E-state index contributed by atoms with van der Waals surface area (Å²) in [5, 5.41) is 10.9. The normalized spacial score (nSPS) is 28.0. The number of piperidine rings is 1.